The van der Waals surface area contributed by atoms with E-state index >= 15 is 0 Å². The molecular weight excluding hydrogens is 247 g/mol. The number of nitrogens with one attached hydrogen (secondary N) is 1. The molecule has 1 heterocycles. The number of nitrogens with two attached hydrogens (primary N) is 1. The van der Waals surface area contributed by atoms with E-state index in [-0.39, 0.29) is 5.82 Å². The molecule has 0 amide bonds. The molecule has 1 rings (SSSR count). The van der Waals surface area contributed by atoms with Crippen molar-refractivity contribution in [3.63, 3.8) is 0 Å². The molecule has 0 radical (unpaired) electrons. The monoisotopic (exact) mass is 263 g/mol. The first-order chi connectivity index (χ1) is 8.55. The first-order valence-electron chi connectivity index (χ1n) is 5.59. The van der Waals surface area contributed by atoms with Crippen LogP contribution in [-0.4, -0.2) is 31.3 Å². The van der Waals surface area contributed by atoms with Crippen LogP contribution in [0.5, 0.6) is 0 Å². The molecular formula is C11H16F3N3O. The number of anilines is 1. The van der Waals surface area contributed by atoms with E-state index in [2.05, 4.69) is 10.3 Å². The van der Waals surface area contributed by atoms with Crippen molar-refractivity contribution >= 4 is 5.82 Å². The Hall–Kier alpha value is -1.34. The molecule has 0 aliphatic carbocycles. The molecule has 0 aliphatic heterocycles. The summed E-state index contributed by atoms with van der Waals surface area (Å²) in [6.07, 6.45) is -2.48. The van der Waals surface area contributed by atoms with Gasteiger partial charge in [-0.05, 0) is 18.6 Å². The molecule has 102 valence electrons. The zero-order valence-electron chi connectivity index (χ0n) is 9.83. The Balaban J connectivity index is 2.43. The number of hydrogen-bond acceptors (Lipinski definition) is 4. The van der Waals surface area contributed by atoms with E-state index < -0.39 is 11.7 Å². The highest BCUT2D eigenvalue weighted by molar-refractivity contribution is 5.45. The second-order valence-electron chi connectivity index (χ2n) is 3.58. The number of halogens is 3. The van der Waals surface area contributed by atoms with Gasteiger partial charge < -0.3 is 15.8 Å². The fourth-order valence-electron chi connectivity index (χ4n) is 1.34. The Morgan fingerprint density at radius 3 is 2.78 bits per heavy atom. The average Bonchev–Trinajstić information content (AvgIpc) is 2.33. The van der Waals surface area contributed by atoms with E-state index in [0.717, 1.165) is 6.07 Å². The van der Waals surface area contributed by atoms with Crippen LogP contribution in [0.2, 0.25) is 0 Å². The van der Waals surface area contributed by atoms with Gasteiger partial charge in [0.1, 0.15) is 5.82 Å². The Morgan fingerprint density at radius 2 is 2.11 bits per heavy atom. The number of nitrogens with zero attached hydrogens (tertiary/aromatic N) is 1. The Morgan fingerprint density at radius 1 is 1.33 bits per heavy atom. The third kappa shape index (κ3) is 4.89. The standard InChI is InChI=1S/C11H16F3N3O/c12-11(13,14)9-3-1-5-16-10(9)17-6-2-7-18-8-4-15/h1,3,5H,2,4,6-8,15H2,(H,16,17). The number of alkyl halides is 3. The van der Waals surface area contributed by atoms with Gasteiger partial charge in [0.2, 0.25) is 0 Å². The Labute approximate surface area is 103 Å². The van der Waals surface area contributed by atoms with Crippen LogP contribution in [0, 0.1) is 0 Å². The number of rotatable bonds is 7. The highest BCUT2D eigenvalue weighted by atomic mass is 19.4. The summed E-state index contributed by atoms with van der Waals surface area (Å²) in [6.45, 7) is 1.71. The quantitative estimate of drug-likeness (QED) is 0.737. The lowest BCUT2D eigenvalue weighted by Crippen LogP contribution is -2.15. The van der Waals surface area contributed by atoms with E-state index in [9.17, 15) is 13.2 Å². The molecule has 3 N–H and O–H groups in total. The van der Waals surface area contributed by atoms with Crippen LogP contribution < -0.4 is 11.1 Å². The van der Waals surface area contributed by atoms with Crippen LogP contribution in [0.3, 0.4) is 0 Å². The van der Waals surface area contributed by atoms with Crippen LogP contribution in [0.15, 0.2) is 18.3 Å². The molecule has 4 nitrogen and oxygen atoms in total. The SMILES string of the molecule is NCCOCCCNc1ncccc1C(F)(F)F. The van der Waals surface area contributed by atoms with Crippen LogP contribution >= 0.6 is 0 Å². The van der Waals surface area contributed by atoms with Gasteiger partial charge in [-0.15, -0.1) is 0 Å². The summed E-state index contributed by atoms with van der Waals surface area (Å²) >= 11 is 0. The van der Waals surface area contributed by atoms with E-state index in [1.54, 1.807) is 0 Å². The summed E-state index contributed by atoms with van der Waals surface area (Å²) in [4.78, 5) is 3.69. The van der Waals surface area contributed by atoms with Crippen molar-refractivity contribution in [1.29, 1.82) is 0 Å². The van der Waals surface area contributed by atoms with Gasteiger partial charge in [-0.25, -0.2) is 4.98 Å². The predicted octanol–water partition coefficient (Wildman–Crippen LogP) is 1.88. The van der Waals surface area contributed by atoms with Crippen molar-refractivity contribution in [3.05, 3.63) is 23.9 Å². The fourth-order valence-corrected chi connectivity index (χ4v) is 1.34. The predicted molar refractivity (Wildman–Crippen MR) is 62.2 cm³/mol. The van der Waals surface area contributed by atoms with Crippen molar-refractivity contribution in [2.45, 2.75) is 12.6 Å². The Bertz CT molecular complexity index is 358. The van der Waals surface area contributed by atoms with Gasteiger partial charge in [0.25, 0.3) is 0 Å². The number of hydrogen-bond donors (Lipinski definition) is 2. The third-order valence-corrected chi connectivity index (χ3v) is 2.13. The minimum Gasteiger partial charge on any atom is -0.380 e. The van der Waals surface area contributed by atoms with Crippen molar-refractivity contribution in [2.75, 3.05) is 31.6 Å². The molecule has 0 bridgehead atoms. The summed E-state index contributed by atoms with van der Waals surface area (Å²) < 4.78 is 42.9. The van der Waals surface area contributed by atoms with Crippen molar-refractivity contribution < 1.29 is 17.9 Å². The molecule has 0 aliphatic rings. The van der Waals surface area contributed by atoms with Crippen LogP contribution in [0.4, 0.5) is 19.0 Å². The lowest BCUT2D eigenvalue weighted by molar-refractivity contribution is -0.137. The second-order valence-corrected chi connectivity index (χ2v) is 3.58. The number of aromatic nitrogens is 1. The zero-order valence-corrected chi connectivity index (χ0v) is 9.83. The second kappa shape index (κ2) is 7.17. The first-order valence-corrected chi connectivity index (χ1v) is 5.59. The molecule has 0 aromatic carbocycles. The normalized spacial score (nSPS) is 11.6. The maximum absolute atomic E-state index is 12.6. The van der Waals surface area contributed by atoms with Crippen LogP contribution in [0.1, 0.15) is 12.0 Å². The maximum atomic E-state index is 12.6. The van der Waals surface area contributed by atoms with Crippen molar-refractivity contribution in [1.82, 2.24) is 4.98 Å². The molecule has 0 saturated heterocycles. The summed E-state index contributed by atoms with van der Waals surface area (Å²) in [5.41, 5.74) is 4.47. The average molecular weight is 263 g/mol. The summed E-state index contributed by atoms with van der Waals surface area (Å²) in [7, 11) is 0. The smallest absolute Gasteiger partial charge is 0.380 e. The molecule has 18 heavy (non-hydrogen) atoms. The van der Waals surface area contributed by atoms with E-state index in [1.165, 1.54) is 12.3 Å². The molecule has 1 aromatic heterocycles. The van der Waals surface area contributed by atoms with E-state index in [0.29, 0.717) is 32.7 Å². The minimum atomic E-state index is -4.40. The molecule has 1 aromatic rings. The van der Waals surface area contributed by atoms with Crippen molar-refractivity contribution in [3.8, 4) is 0 Å². The molecule has 0 spiro atoms. The highest BCUT2D eigenvalue weighted by Crippen LogP contribution is 2.33. The Kier molecular flexibility index (Phi) is 5.87. The van der Waals surface area contributed by atoms with Gasteiger partial charge >= 0.3 is 6.18 Å². The van der Waals surface area contributed by atoms with E-state index in [4.69, 9.17) is 10.5 Å². The summed E-state index contributed by atoms with van der Waals surface area (Å²) in [5.74, 6) is -0.149. The number of ether oxygens (including phenoxy) is 1. The fraction of sp³-hybridized carbons (Fsp3) is 0.545. The van der Waals surface area contributed by atoms with Gasteiger partial charge in [0.15, 0.2) is 0 Å². The molecule has 0 fully saturated rings. The van der Waals surface area contributed by atoms with E-state index in [1.807, 2.05) is 0 Å². The topological polar surface area (TPSA) is 60.2 Å². The largest absolute Gasteiger partial charge is 0.419 e. The first kappa shape index (κ1) is 14.7. The maximum Gasteiger partial charge on any atom is 0.419 e. The van der Waals surface area contributed by atoms with Crippen molar-refractivity contribution in [2.24, 2.45) is 5.73 Å². The molecule has 0 unspecified atom stereocenters. The lowest BCUT2D eigenvalue weighted by atomic mass is 10.2. The van der Waals surface area contributed by atoms with Crippen LogP contribution in [-0.2, 0) is 10.9 Å². The lowest BCUT2D eigenvalue weighted by Gasteiger charge is -2.13. The van der Waals surface area contributed by atoms with Gasteiger partial charge in [-0.1, -0.05) is 0 Å². The minimum absolute atomic E-state index is 0.149. The highest BCUT2D eigenvalue weighted by Gasteiger charge is 2.33. The van der Waals surface area contributed by atoms with Gasteiger partial charge in [0.05, 0.1) is 12.2 Å². The molecule has 7 heteroatoms. The summed E-state index contributed by atoms with van der Waals surface area (Å²) in [6, 6.07) is 2.26. The molecule has 0 atom stereocenters. The van der Waals surface area contributed by atoms with Gasteiger partial charge in [-0.3, -0.25) is 0 Å². The van der Waals surface area contributed by atoms with Gasteiger partial charge in [0, 0.05) is 25.9 Å². The molecule has 0 saturated carbocycles. The van der Waals surface area contributed by atoms with Crippen LogP contribution in [0.25, 0.3) is 0 Å². The zero-order chi connectivity index (χ0) is 13.4. The van der Waals surface area contributed by atoms with Gasteiger partial charge in [-0.2, -0.15) is 13.2 Å². The number of pyridine rings is 1. The third-order valence-electron chi connectivity index (χ3n) is 2.13. The summed E-state index contributed by atoms with van der Waals surface area (Å²) in [5, 5.41) is 2.65.